The first kappa shape index (κ1) is 15.2. The number of hydrogen-bond acceptors (Lipinski definition) is 7. The lowest BCUT2D eigenvalue weighted by atomic mass is 10.1. The van der Waals surface area contributed by atoms with Gasteiger partial charge in [-0.2, -0.15) is 0 Å². The van der Waals surface area contributed by atoms with E-state index in [2.05, 4.69) is 28.1 Å². The predicted octanol–water partition coefficient (Wildman–Crippen LogP) is 1.56. The molecule has 0 amide bonds. The van der Waals surface area contributed by atoms with Crippen LogP contribution in [0.2, 0.25) is 0 Å². The summed E-state index contributed by atoms with van der Waals surface area (Å²) in [5, 5.41) is 0. The quantitative estimate of drug-likeness (QED) is 0.505. The van der Waals surface area contributed by atoms with E-state index in [1.807, 2.05) is 13.8 Å². The average Bonchev–Trinajstić information content (AvgIpc) is 3.08. The van der Waals surface area contributed by atoms with Gasteiger partial charge >= 0.3 is 18.0 Å². The molecule has 2 unspecified atom stereocenters. The Balaban J connectivity index is 2.06. The molecule has 0 N–H and O–H groups in total. The van der Waals surface area contributed by atoms with Crippen LogP contribution < -0.4 is 14.2 Å². The molecule has 0 aliphatic carbocycles. The summed E-state index contributed by atoms with van der Waals surface area (Å²) < 4.78 is 21.6. The molecule has 21 heavy (non-hydrogen) atoms. The van der Waals surface area contributed by atoms with Crippen LogP contribution in [0.1, 0.15) is 13.8 Å². The van der Waals surface area contributed by atoms with Gasteiger partial charge in [-0.25, -0.2) is 0 Å². The highest BCUT2D eigenvalue weighted by Crippen LogP contribution is 2.35. The van der Waals surface area contributed by atoms with Crippen molar-refractivity contribution in [1.29, 1.82) is 0 Å². The second-order valence-corrected chi connectivity index (χ2v) is 4.74. The molecule has 114 valence electrons. The van der Waals surface area contributed by atoms with Crippen LogP contribution in [0.15, 0.2) is 25.3 Å². The molecule has 1 aliphatic heterocycles. The number of nitrogens with zero attached hydrogens (tertiary/aromatic N) is 3. The fourth-order valence-electron chi connectivity index (χ4n) is 1.51. The maximum absolute atomic E-state index is 5.55. The van der Waals surface area contributed by atoms with Crippen LogP contribution in [0.5, 0.6) is 18.0 Å². The van der Waals surface area contributed by atoms with Crippen molar-refractivity contribution in [3.63, 3.8) is 0 Å². The van der Waals surface area contributed by atoms with E-state index in [-0.39, 0.29) is 43.0 Å². The second-order valence-electron chi connectivity index (χ2n) is 4.74. The van der Waals surface area contributed by atoms with Gasteiger partial charge in [-0.15, -0.1) is 15.0 Å². The van der Waals surface area contributed by atoms with E-state index in [4.69, 9.17) is 18.9 Å². The fraction of sp³-hybridized carbons (Fsp3) is 0.500. The molecule has 0 aromatic carbocycles. The van der Waals surface area contributed by atoms with Gasteiger partial charge in [0, 0.05) is 0 Å². The van der Waals surface area contributed by atoms with Crippen LogP contribution in [0, 0.1) is 0 Å². The SMILES string of the molecule is C=CCOc1nc(OCC=C)nc(OCC2(C)OC2C)n1. The Morgan fingerprint density at radius 3 is 1.86 bits per heavy atom. The Hall–Kier alpha value is -2.15. The van der Waals surface area contributed by atoms with Crippen molar-refractivity contribution in [2.24, 2.45) is 0 Å². The molecule has 1 saturated heterocycles. The molecule has 1 aromatic rings. The smallest absolute Gasteiger partial charge is 0.326 e. The minimum absolute atomic E-state index is 0.119. The molecule has 0 spiro atoms. The van der Waals surface area contributed by atoms with E-state index in [0.29, 0.717) is 6.61 Å². The van der Waals surface area contributed by atoms with Crippen LogP contribution in [-0.4, -0.2) is 46.5 Å². The largest absolute Gasteiger partial charge is 0.460 e. The third-order valence-electron chi connectivity index (χ3n) is 2.97. The first-order valence-corrected chi connectivity index (χ1v) is 6.61. The lowest BCUT2D eigenvalue weighted by molar-refractivity contribution is 0.183. The summed E-state index contributed by atoms with van der Waals surface area (Å²) in [6.45, 7) is 12.0. The molecule has 2 rings (SSSR count). The lowest BCUT2D eigenvalue weighted by Crippen LogP contribution is -2.20. The molecule has 0 radical (unpaired) electrons. The first-order valence-electron chi connectivity index (χ1n) is 6.61. The topological polar surface area (TPSA) is 78.9 Å². The van der Waals surface area contributed by atoms with Gasteiger partial charge in [0.1, 0.15) is 25.4 Å². The Morgan fingerprint density at radius 2 is 1.48 bits per heavy atom. The van der Waals surface area contributed by atoms with Gasteiger partial charge in [-0.3, -0.25) is 0 Å². The van der Waals surface area contributed by atoms with Crippen LogP contribution in [0.3, 0.4) is 0 Å². The normalized spacial score (nSPS) is 23.2. The lowest BCUT2D eigenvalue weighted by Gasteiger charge is -2.10. The number of ether oxygens (including phenoxy) is 4. The van der Waals surface area contributed by atoms with Crippen molar-refractivity contribution in [2.75, 3.05) is 19.8 Å². The highest BCUT2D eigenvalue weighted by molar-refractivity contribution is 5.10. The third-order valence-corrected chi connectivity index (χ3v) is 2.97. The molecule has 0 saturated carbocycles. The Bertz CT molecular complexity index is 493. The van der Waals surface area contributed by atoms with Gasteiger partial charge in [-0.1, -0.05) is 25.3 Å². The molecule has 1 aromatic heterocycles. The summed E-state index contributed by atoms with van der Waals surface area (Å²) in [5.41, 5.74) is -0.295. The minimum atomic E-state index is -0.295. The van der Waals surface area contributed by atoms with E-state index in [1.54, 1.807) is 12.2 Å². The monoisotopic (exact) mass is 293 g/mol. The molecule has 2 atom stereocenters. The van der Waals surface area contributed by atoms with Gasteiger partial charge in [0.05, 0.1) is 6.10 Å². The Morgan fingerprint density at radius 1 is 1.05 bits per heavy atom. The minimum Gasteiger partial charge on any atom is -0.460 e. The Labute approximate surface area is 123 Å². The molecule has 1 fully saturated rings. The summed E-state index contributed by atoms with van der Waals surface area (Å²) in [7, 11) is 0. The van der Waals surface area contributed by atoms with Crippen LogP contribution in [-0.2, 0) is 4.74 Å². The van der Waals surface area contributed by atoms with Gasteiger partial charge in [0.15, 0.2) is 0 Å². The van der Waals surface area contributed by atoms with Crippen LogP contribution in [0.25, 0.3) is 0 Å². The predicted molar refractivity (Wildman–Crippen MR) is 75.7 cm³/mol. The van der Waals surface area contributed by atoms with Gasteiger partial charge in [0.2, 0.25) is 0 Å². The van der Waals surface area contributed by atoms with Crippen molar-refractivity contribution >= 4 is 0 Å². The van der Waals surface area contributed by atoms with Gasteiger partial charge < -0.3 is 18.9 Å². The van der Waals surface area contributed by atoms with E-state index in [9.17, 15) is 0 Å². The molecular formula is C14H19N3O4. The van der Waals surface area contributed by atoms with E-state index in [0.717, 1.165) is 0 Å². The molecular weight excluding hydrogens is 274 g/mol. The van der Waals surface area contributed by atoms with Crippen LogP contribution in [0.4, 0.5) is 0 Å². The zero-order valence-corrected chi connectivity index (χ0v) is 12.2. The summed E-state index contributed by atoms with van der Waals surface area (Å²) in [6.07, 6.45) is 3.34. The molecule has 0 bridgehead atoms. The summed E-state index contributed by atoms with van der Waals surface area (Å²) in [6, 6.07) is 0.370. The number of aromatic nitrogens is 3. The molecule has 7 nitrogen and oxygen atoms in total. The second kappa shape index (κ2) is 6.53. The summed E-state index contributed by atoms with van der Waals surface area (Å²) in [5.74, 6) is 0. The van der Waals surface area contributed by atoms with Crippen molar-refractivity contribution in [3.05, 3.63) is 25.3 Å². The summed E-state index contributed by atoms with van der Waals surface area (Å²) in [4.78, 5) is 12.1. The van der Waals surface area contributed by atoms with Gasteiger partial charge in [0.25, 0.3) is 0 Å². The third kappa shape index (κ3) is 4.16. The fourth-order valence-corrected chi connectivity index (χ4v) is 1.51. The van der Waals surface area contributed by atoms with Crippen molar-refractivity contribution in [2.45, 2.75) is 25.6 Å². The highest BCUT2D eigenvalue weighted by Gasteiger charge is 2.49. The van der Waals surface area contributed by atoms with Crippen molar-refractivity contribution in [1.82, 2.24) is 15.0 Å². The van der Waals surface area contributed by atoms with Crippen molar-refractivity contribution < 1.29 is 18.9 Å². The first-order chi connectivity index (χ1) is 10.1. The molecule has 1 aliphatic rings. The average molecular weight is 293 g/mol. The molecule has 7 heteroatoms. The highest BCUT2D eigenvalue weighted by atomic mass is 16.6. The zero-order chi connectivity index (χ0) is 15.3. The number of rotatable bonds is 9. The van der Waals surface area contributed by atoms with Gasteiger partial charge in [-0.05, 0) is 13.8 Å². The van der Waals surface area contributed by atoms with Crippen LogP contribution >= 0.6 is 0 Å². The maximum atomic E-state index is 5.55. The van der Waals surface area contributed by atoms with Crippen molar-refractivity contribution in [3.8, 4) is 18.0 Å². The summed E-state index contributed by atoms with van der Waals surface area (Å²) >= 11 is 0. The molecule has 2 heterocycles. The number of epoxide rings is 1. The van der Waals surface area contributed by atoms with E-state index >= 15 is 0 Å². The van der Waals surface area contributed by atoms with E-state index < -0.39 is 0 Å². The maximum Gasteiger partial charge on any atom is 0.326 e. The number of hydrogen-bond donors (Lipinski definition) is 0. The zero-order valence-electron chi connectivity index (χ0n) is 12.2. The standard InChI is InChI=1S/C14H19N3O4/c1-5-7-18-11-15-12(19-8-6-2)17-13(16-11)20-9-14(4)10(3)21-14/h5-6,10H,1-2,7-9H2,3-4H3. The Kier molecular flexibility index (Phi) is 4.74. The van der Waals surface area contributed by atoms with E-state index in [1.165, 1.54) is 0 Å².